The summed E-state index contributed by atoms with van der Waals surface area (Å²) in [7, 11) is -9.94. The van der Waals surface area contributed by atoms with Crippen molar-refractivity contribution in [1.82, 2.24) is 0 Å². The first kappa shape index (κ1) is 111. The van der Waals surface area contributed by atoms with Gasteiger partial charge in [-0.2, -0.15) is 0 Å². The van der Waals surface area contributed by atoms with E-state index >= 15 is 0 Å². The molecule has 0 aromatic heterocycles. The van der Waals surface area contributed by atoms with E-state index in [4.69, 9.17) is 37.0 Å². The Kier molecular flexibility index (Phi) is 82.3. The summed E-state index contributed by atoms with van der Waals surface area (Å²) in [5.74, 6) is 0.346. The molecule has 0 heterocycles. The summed E-state index contributed by atoms with van der Waals surface area (Å²) in [6, 6.07) is 0. The molecule has 0 aliphatic heterocycles. The Hall–Kier alpha value is -1.94. The molecule has 0 aliphatic rings. The summed E-state index contributed by atoms with van der Waals surface area (Å²) in [4.78, 5) is 73.5. The van der Waals surface area contributed by atoms with Gasteiger partial charge in [0.1, 0.15) is 19.3 Å². The van der Waals surface area contributed by atoms with E-state index in [1.54, 1.807) is 0 Å². The zero-order valence-corrected chi connectivity index (χ0v) is 76.7. The topological polar surface area (TPSA) is 237 Å². The number of rotatable bonds is 92. The monoisotopic (exact) mass is 1650 g/mol. The van der Waals surface area contributed by atoms with E-state index in [9.17, 15) is 43.2 Å². The van der Waals surface area contributed by atoms with Gasteiger partial charge in [-0.3, -0.25) is 37.3 Å². The van der Waals surface area contributed by atoms with E-state index in [1.807, 2.05) is 0 Å². The van der Waals surface area contributed by atoms with E-state index in [0.29, 0.717) is 25.7 Å². The quantitative estimate of drug-likeness (QED) is 0.0222. The highest BCUT2D eigenvalue weighted by Crippen LogP contribution is 2.45. The van der Waals surface area contributed by atoms with E-state index in [2.05, 4.69) is 48.5 Å². The lowest BCUT2D eigenvalue weighted by molar-refractivity contribution is -0.161. The van der Waals surface area contributed by atoms with Gasteiger partial charge in [-0.15, -0.1) is 0 Å². The van der Waals surface area contributed by atoms with Crippen LogP contribution >= 0.6 is 15.6 Å². The van der Waals surface area contributed by atoms with Crippen molar-refractivity contribution in [2.45, 2.75) is 523 Å². The lowest BCUT2D eigenvalue weighted by Crippen LogP contribution is -2.30. The summed E-state index contributed by atoms with van der Waals surface area (Å²) < 4.78 is 69.1. The number of carbonyl (C=O) groups excluding carboxylic acids is 4. The molecule has 0 radical (unpaired) electrons. The molecule has 0 fully saturated rings. The van der Waals surface area contributed by atoms with Crippen LogP contribution in [0.2, 0.25) is 0 Å². The van der Waals surface area contributed by atoms with Gasteiger partial charge in [0.25, 0.3) is 0 Å². The van der Waals surface area contributed by atoms with Gasteiger partial charge in [0.2, 0.25) is 0 Å². The normalized spacial score (nSPS) is 14.2. The Bertz CT molecular complexity index is 2170. The number of esters is 4. The lowest BCUT2D eigenvalue weighted by Gasteiger charge is -2.21. The number of ether oxygens (including phenoxy) is 4. The average Bonchev–Trinajstić information content (AvgIpc) is 0.896. The van der Waals surface area contributed by atoms with Crippen LogP contribution in [0.5, 0.6) is 0 Å². The number of aliphatic hydroxyl groups excluding tert-OH is 1. The van der Waals surface area contributed by atoms with E-state index in [0.717, 1.165) is 108 Å². The molecule has 113 heavy (non-hydrogen) atoms. The Balaban J connectivity index is 5.23. The van der Waals surface area contributed by atoms with Crippen molar-refractivity contribution in [3.05, 3.63) is 0 Å². The van der Waals surface area contributed by atoms with E-state index in [-0.39, 0.29) is 25.7 Å². The van der Waals surface area contributed by atoms with Gasteiger partial charge in [-0.05, 0) is 43.4 Å². The molecular weight excluding hydrogens is 1460 g/mol. The summed E-state index contributed by atoms with van der Waals surface area (Å²) in [5.41, 5.74) is 0. The van der Waals surface area contributed by atoms with Crippen LogP contribution in [0.25, 0.3) is 0 Å². The number of phosphoric ester groups is 2. The molecule has 19 heteroatoms. The average molecular weight is 1650 g/mol. The van der Waals surface area contributed by atoms with Crippen LogP contribution in [-0.2, 0) is 65.4 Å². The van der Waals surface area contributed by atoms with Gasteiger partial charge in [0, 0.05) is 25.7 Å². The zero-order valence-electron chi connectivity index (χ0n) is 74.9. The number of phosphoric acid groups is 2. The number of aliphatic hydroxyl groups is 1. The Morgan fingerprint density at radius 2 is 0.451 bits per heavy atom. The third-order valence-corrected chi connectivity index (χ3v) is 24.8. The van der Waals surface area contributed by atoms with Crippen LogP contribution in [0.15, 0.2) is 0 Å². The second kappa shape index (κ2) is 83.7. The Morgan fingerprint density at radius 1 is 0.257 bits per heavy atom. The van der Waals surface area contributed by atoms with Gasteiger partial charge in [0.15, 0.2) is 12.2 Å². The molecule has 0 aromatic carbocycles. The number of hydrogen-bond acceptors (Lipinski definition) is 15. The summed E-state index contributed by atoms with van der Waals surface area (Å²) in [6.45, 7) is 12.1. The molecule has 0 amide bonds. The van der Waals surface area contributed by atoms with E-state index in [1.165, 1.54) is 315 Å². The molecule has 0 saturated heterocycles. The highest BCUT2D eigenvalue weighted by atomic mass is 31.2. The zero-order chi connectivity index (χ0) is 82.9. The standard InChI is InChI=1S/C94H184O17P2/c1-8-11-12-13-14-15-16-17-18-19-20-21-22-23-27-30-36-41-46-54-61-68-75-91(96)104-81-89(110-93(98)77-70-63-56-47-42-37-31-28-25-24-26-29-34-39-44-52-59-66-73-86(6)9-2)83-108-112(100,101)106-79-88(95)80-107-113(102,103)109-84-90(82-105-92(97)76-69-62-55-50-49-51-58-65-72-85(4)5)111-94(99)78-71-64-57-48-43-38-33-32-35-40-45-53-60-67-74-87(7)10-3/h85-90,95H,8-84H2,1-7H3,(H,100,101)(H,102,103)/t86?,87?,88-,89-,90-/m1/s1. The van der Waals surface area contributed by atoms with Crippen molar-refractivity contribution in [3.63, 3.8) is 0 Å². The summed E-state index contributed by atoms with van der Waals surface area (Å²) >= 11 is 0. The highest BCUT2D eigenvalue weighted by Gasteiger charge is 2.31. The van der Waals surface area contributed by atoms with Crippen LogP contribution in [0.1, 0.15) is 504 Å². The third kappa shape index (κ3) is 84.9. The molecule has 0 bridgehead atoms. The molecule has 0 aliphatic carbocycles. The first-order valence-corrected chi connectivity index (χ1v) is 51.4. The largest absolute Gasteiger partial charge is 0.472 e. The van der Waals surface area contributed by atoms with Crippen molar-refractivity contribution in [2.75, 3.05) is 39.6 Å². The van der Waals surface area contributed by atoms with Gasteiger partial charge in [-0.1, -0.05) is 453 Å². The molecule has 7 atom stereocenters. The van der Waals surface area contributed by atoms with E-state index < -0.39 is 97.5 Å². The molecule has 0 aromatic rings. The van der Waals surface area contributed by atoms with Crippen LogP contribution in [-0.4, -0.2) is 96.7 Å². The molecule has 17 nitrogen and oxygen atoms in total. The fourth-order valence-corrected chi connectivity index (χ4v) is 16.3. The predicted molar refractivity (Wildman–Crippen MR) is 469 cm³/mol. The number of unbranched alkanes of at least 4 members (excludes halogenated alkanes) is 58. The van der Waals surface area contributed by atoms with Crippen molar-refractivity contribution in [3.8, 4) is 0 Å². The predicted octanol–water partition coefficient (Wildman–Crippen LogP) is 29.2. The van der Waals surface area contributed by atoms with Gasteiger partial charge in [0.05, 0.1) is 26.4 Å². The summed E-state index contributed by atoms with van der Waals surface area (Å²) in [5, 5.41) is 10.7. The van der Waals surface area contributed by atoms with Crippen molar-refractivity contribution < 1.29 is 80.2 Å². The van der Waals surface area contributed by atoms with Gasteiger partial charge >= 0.3 is 39.5 Å². The van der Waals surface area contributed by atoms with Gasteiger partial charge < -0.3 is 33.8 Å². The molecule has 3 N–H and O–H groups in total. The Morgan fingerprint density at radius 3 is 0.673 bits per heavy atom. The second-order valence-electron chi connectivity index (χ2n) is 34.7. The molecule has 4 unspecified atom stereocenters. The minimum absolute atomic E-state index is 0.107. The minimum Gasteiger partial charge on any atom is -0.462 e. The lowest BCUT2D eigenvalue weighted by atomic mass is 9.99. The van der Waals surface area contributed by atoms with Crippen LogP contribution in [0.4, 0.5) is 0 Å². The smallest absolute Gasteiger partial charge is 0.462 e. The number of hydrogen-bond donors (Lipinski definition) is 3. The second-order valence-corrected chi connectivity index (χ2v) is 37.6. The SMILES string of the molecule is CCCCCCCCCCCCCCCCCCCCCCCCC(=O)OC[C@H](COP(=O)(O)OC[C@@H](O)COP(=O)(O)OC[C@@H](COC(=O)CCCCCCCCCCC(C)C)OC(=O)CCCCCCCCCCCCCCCCC(C)CC)OC(=O)CCCCCCCCCCCCCCCCCCCCC(C)CC. The molecule has 0 saturated carbocycles. The van der Waals surface area contributed by atoms with Gasteiger partial charge in [-0.25, -0.2) is 9.13 Å². The van der Waals surface area contributed by atoms with Crippen LogP contribution < -0.4 is 0 Å². The van der Waals surface area contributed by atoms with Crippen LogP contribution in [0.3, 0.4) is 0 Å². The maximum absolute atomic E-state index is 13.2. The fraction of sp³-hybridized carbons (Fsp3) is 0.957. The fourth-order valence-electron chi connectivity index (χ4n) is 14.7. The first-order chi connectivity index (χ1) is 54.8. The van der Waals surface area contributed by atoms with Crippen molar-refractivity contribution >= 4 is 39.5 Å². The maximum atomic E-state index is 13.2. The minimum atomic E-state index is -4.97. The molecule has 0 spiro atoms. The summed E-state index contributed by atoms with van der Waals surface area (Å²) in [6.07, 6.45) is 77.9. The Labute approximate surface area is 696 Å². The first-order valence-electron chi connectivity index (χ1n) is 48.4. The highest BCUT2D eigenvalue weighted by molar-refractivity contribution is 7.47. The van der Waals surface area contributed by atoms with Crippen molar-refractivity contribution in [1.29, 1.82) is 0 Å². The van der Waals surface area contributed by atoms with Crippen LogP contribution in [0, 0.1) is 17.8 Å². The molecule has 0 rings (SSSR count). The number of carbonyl (C=O) groups is 4. The molecule has 672 valence electrons. The van der Waals surface area contributed by atoms with Crippen molar-refractivity contribution in [2.24, 2.45) is 17.8 Å². The molecular formula is C94H184O17P2. The maximum Gasteiger partial charge on any atom is 0.472 e. The third-order valence-electron chi connectivity index (χ3n) is 22.9.